The first kappa shape index (κ1) is 20.1. The maximum atomic E-state index is 12.9. The monoisotopic (exact) mass is 446 g/mol. The number of morpholine rings is 1. The van der Waals surface area contributed by atoms with E-state index in [2.05, 4.69) is 38.5 Å². The van der Waals surface area contributed by atoms with Crippen molar-refractivity contribution >= 4 is 33.8 Å². The number of rotatable bonds is 4. The third kappa shape index (κ3) is 3.81. The summed E-state index contributed by atoms with van der Waals surface area (Å²) < 4.78 is 7.23. The Kier molecular flexibility index (Phi) is 5.16. The van der Waals surface area contributed by atoms with E-state index in [0.29, 0.717) is 37.9 Å². The average Bonchev–Trinajstić information content (AvgIpc) is 3.51. The van der Waals surface area contributed by atoms with E-state index in [-0.39, 0.29) is 12.5 Å². The van der Waals surface area contributed by atoms with E-state index < -0.39 is 0 Å². The van der Waals surface area contributed by atoms with Crippen LogP contribution in [0.2, 0.25) is 0 Å². The zero-order chi connectivity index (χ0) is 22.2. The predicted octanol–water partition coefficient (Wildman–Crippen LogP) is 1.24. The molecule has 2 aliphatic heterocycles. The Bertz CT molecular complexity index is 1300. The van der Waals surface area contributed by atoms with Gasteiger partial charge < -0.3 is 24.8 Å². The highest BCUT2D eigenvalue weighted by Gasteiger charge is 2.22. The molecule has 2 fully saturated rings. The lowest BCUT2D eigenvalue weighted by Gasteiger charge is -2.28. The Labute approximate surface area is 190 Å². The van der Waals surface area contributed by atoms with Gasteiger partial charge in [-0.1, -0.05) is 12.1 Å². The fraction of sp³-hybridized carbons (Fsp3) is 0.391. The lowest BCUT2D eigenvalue weighted by Crippen LogP contribution is -2.47. The molecule has 1 amide bonds. The quantitative estimate of drug-likeness (QED) is 0.486. The number of aromatic nitrogens is 5. The number of hydrogen-bond donors (Lipinski definition) is 2. The number of hydrogen-bond acceptors (Lipinski definition) is 7. The van der Waals surface area contributed by atoms with Gasteiger partial charge in [0.2, 0.25) is 11.9 Å². The van der Waals surface area contributed by atoms with Gasteiger partial charge in [0.1, 0.15) is 6.54 Å². The van der Waals surface area contributed by atoms with Crippen molar-refractivity contribution in [3.05, 3.63) is 36.7 Å². The lowest BCUT2D eigenvalue weighted by atomic mass is 10.1. The molecular weight excluding hydrogens is 420 g/mol. The van der Waals surface area contributed by atoms with Crippen LogP contribution in [0.15, 0.2) is 36.7 Å². The number of fused-ring (bicyclic) bond motifs is 2. The number of ether oxygens (including phenoxy) is 1. The van der Waals surface area contributed by atoms with Gasteiger partial charge in [-0.05, 0) is 17.5 Å². The van der Waals surface area contributed by atoms with E-state index in [4.69, 9.17) is 14.7 Å². The SMILES string of the molecule is O=C(Cn1ncc2c(-c3ccc4cc[nH]c4c3)nc(N3CCOCC3)nc21)N1CCNCC1. The summed E-state index contributed by atoms with van der Waals surface area (Å²) in [4.78, 5) is 30.0. The molecule has 170 valence electrons. The topological polar surface area (TPSA) is 104 Å². The van der Waals surface area contributed by atoms with Crippen LogP contribution < -0.4 is 10.2 Å². The highest BCUT2D eigenvalue weighted by Crippen LogP contribution is 2.30. The van der Waals surface area contributed by atoms with Gasteiger partial charge >= 0.3 is 0 Å². The van der Waals surface area contributed by atoms with Crippen LogP contribution in [0.1, 0.15) is 0 Å². The molecule has 0 unspecified atom stereocenters. The van der Waals surface area contributed by atoms with E-state index in [0.717, 1.165) is 53.7 Å². The van der Waals surface area contributed by atoms with Crippen LogP contribution in [0.25, 0.3) is 33.2 Å². The standard InChI is InChI=1S/C23H26N8O2/c32-20(29-7-5-24-6-8-29)15-31-22-18(14-26-31)21(17-2-1-16-3-4-25-19(16)13-17)27-23(28-22)30-9-11-33-12-10-30/h1-4,13-14,24-25H,5-12,15H2. The summed E-state index contributed by atoms with van der Waals surface area (Å²) in [6.45, 7) is 5.99. The van der Waals surface area contributed by atoms with Crippen molar-refractivity contribution in [3.63, 3.8) is 0 Å². The van der Waals surface area contributed by atoms with Crippen LogP contribution in [0.5, 0.6) is 0 Å². The van der Waals surface area contributed by atoms with Gasteiger partial charge in [-0.15, -0.1) is 0 Å². The van der Waals surface area contributed by atoms with Crippen molar-refractivity contribution in [2.24, 2.45) is 0 Å². The number of carbonyl (C=O) groups excluding carboxylic acids is 1. The molecule has 0 spiro atoms. The molecule has 0 saturated carbocycles. The predicted molar refractivity (Wildman–Crippen MR) is 125 cm³/mol. The Hall–Kier alpha value is -3.50. The number of amides is 1. The minimum absolute atomic E-state index is 0.0578. The molecule has 5 heterocycles. The summed E-state index contributed by atoms with van der Waals surface area (Å²) in [5.41, 5.74) is 3.53. The fourth-order valence-corrected chi connectivity index (χ4v) is 4.52. The van der Waals surface area contributed by atoms with Crippen molar-refractivity contribution in [1.82, 2.24) is 34.9 Å². The summed E-state index contributed by atoms with van der Waals surface area (Å²) in [7, 11) is 0. The molecule has 0 radical (unpaired) electrons. The van der Waals surface area contributed by atoms with Crippen LogP contribution in [0.4, 0.5) is 5.95 Å². The number of nitrogens with zero attached hydrogens (tertiary/aromatic N) is 6. The van der Waals surface area contributed by atoms with Gasteiger partial charge in [-0.25, -0.2) is 9.67 Å². The van der Waals surface area contributed by atoms with Crippen molar-refractivity contribution in [1.29, 1.82) is 0 Å². The minimum atomic E-state index is 0.0578. The number of piperazine rings is 1. The second kappa shape index (κ2) is 8.45. The van der Waals surface area contributed by atoms with E-state index in [1.807, 2.05) is 17.2 Å². The normalized spacial score (nSPS) is 17.2. The Morgan fingerprint density at radius 2 is 1.91 bits per heavy atom. The molecule has 2 aliphatic rings. The number of H-pyrrole nitrogens is 1. The summed E-state index contributed by atoms with van der Waals surface area (Å²) >= 11 is 0. The van der Waals surface area contributed by atoms with Gasteiger partial charge in [0.15, 0.2) is 5.65 Å². The number of benzene rings is 1. The van der Waals surface area contributed by atoms with Crippen molar-refractivity contribution in [2.75, 3.05) is 57.4 Å². The molecular formula is C23H26N8O2. The zero-order valence-electron chi connectivity index (χ0n) is 18.3. The third-order valence-corrected chi connectivity index (χ3v) is 6.36. The smallest absolute Gasteiger partial charge is 0.244 e. The van der Waals surface area contributed by atoms with Crippen molar-refractivity contribution in [3.8, 4) is 11.3 Å². The molecule has 10 nitrogen and oxygen atoms in total. The largest absolute Gasteiger partial charge is 0.378 e. The molecule has 10 heteroatoms. The average molecular weight is 447 g/mol. The first-order valence-corrected chi connectivity index (χ1v) is 11.4. The molecule has 2 N–H and O–H groups in total. The highest BCUT2D eigenvalue weighted by molar-refractivity contribution is 5.94. The summed E-state index contributed by atoms with van der Waals surface area (Å²) in [5, 5.41) is 9.82. The Balaban J connectivity index is 1.43. The van der Waals surface area contributed by atoms with E-state index in [9.17, 15) is 4.79 Å². The second-order valence-electron chi connectivity index (χ2n) is 8.42. The van der Waals surface area contributed by atoms with E-state index >= 15 is 0 Å². The molecule has 4 aromatic rings. The fourth-order valence-electron chi connectivity index (χ4n) is 4.52. The number of nitrogens with one attached hydrogen (secondary N) is 2. The number of aromatic amines is 1. The van der Waals surface area contributed by atoms with Gasteiger partial charge in [0, 0.05) is 56.5 Å². The third-order valence-electron chi connectivity index (χ3n) is 6.36. The Morgan fingerprint density at radius 3 is 2.76 bits per heavy atom. The van der Waals surface area contributed by atoms with Crippen LogP contribution in [0.3, 0.4) is 0 Å². The van der Waals surface area contributed by atoms with Crippen LogP contribution in [-0.4, -0.2) is 88.0 Å². The van der Waals surface area contributed by atoms with Crippen LogP contribution in [-0.2, 0) is 16.1 Å². The Morgan fingerprint density at radius 1 is 1.06 bits per heavy atom. The van der Waals surface area contributed by atoms with Gasteiger partial charge in [0.05, 0.1) is 30.5 Å². The summed E-state index contributed by atoms with van der Waals surface area (Å²) in [6.07, 6.45) is 3.71. The minimum Gasteiger partial charge on any atom is -0.378 e. The molecule has 2 saturated heterocycles. The first-order valence-electron chi connectivity index (χ1n) is 11.4. The molecule has 0 aliphatic carbocycles. The van der Waals surface area contributed by atoms with Gasteiger partial charge in [0.25, 0.3) is 0 Å². The second-order valence-corrected chi connectivity index (χ2v) is 8.42. The molecule has 6 rings (SSSR count). The van der Waals surface area contributed by atoms with Crippen LogP contribution >= 0.6 is 0 Å². The van der Waals surface area contributed by atoms with Crippen molar-refractivity contribution < 1.29 is 9.53 Å². The molecule has 1 aromatic carbocycles. The highest BCUT2D eigenvalue weighted by atomic mass is 16.5. The molecule has 0 atom stereocenters. The van der Waals surface area contributed by atoms with E-state index in [1.54, 1.807) is 10.9 Å². The van der Waals surface area contributed by atoms with Gasteiger partial charge in [-0.2, -0.15) is 10.1 Å². The van der Waals surface area contributed by atoms with Crippen LogP contribution in [0, 0.1) is 0 Å². The molecule has 3 aromatic heterocycles. The maximum Gasteiger partial charge on any atom is 0.244 e. The van der Waals surface area contributed by atoms with Gasteiger partial charge in [-0.3, -0.25) is 4.79 Å². The molecule has 0 bridgehead atoms. The number of carbonyl (C=O) groups is 1. The lowest BCUT2D eigenvalue weighted by molar-refractivity contribution is -0.132. The maximum absolute atomic E-state index is 12.9. The van der Waals surface area contributed by atoms with Crippen molar-refractivity contribution in [2.45, 2.75) is 6.54 Å². The summed E-state index contributed by atoms with van der Waals surface area (Å²) in [5.74, 6) is 0.700. The zero-order valence-corrected chi connectivity index (χ0v) is 18.3. The number of anilines is 1. The molecule has 33 heavy (non-hydrogen) atoms. The van der Waals surface area contributed by atoms with E-state index in [1.165, 1.54) is 0 Å². The first-order chi connectivity index (χ1) is 16.3. The summed E-state index contributed by atoms with van der Waals surface area (Å²) in [6, 6.07) is 8.31.